The molecular formula is C16H19NO4S2. The third-order valence-corrected chi connectivity index (χ3v) is 6.22. The predicted octanol–water partition coefficient (Wildman–Crippen LogP) is 3.08. The van der Waals surface area contributed by atoms with Gasteiger partial charge in [-0.1, -0.05) is 12.1 Å². The lowest BCUT2D eigenvalue weighted by Gasteiger charge is -2.12. The molecule has 7 heteroatoms. The maximum Gasteiger partial charge on any atom is 0.348 e. The van der Waals surface area contributed by atoms with Crippen LogP contribution in [0.5, 0.6) is 5.75 Å². The van der Waals surface area contributed by atoms with Crippen LogP contribution in [-0.4, -0.2) is 14.3 Å². The first-order valence-electron chi connectivity index (χ1n) is 7.05. The molecule has 0 aliphatic carbocycles. The van der Waals surface area contributed by atoms with Gasteiger partial charge in [0.1, 0.15) is 5.75 Å². The number of amides is 1. The highest BCUT2D eigenvalue weighted by atomic mass is 32.3. The Morgan fingerprint density at radius 2 is 1.78 bits per heavy atom. The van der Waals surface area contributed by atoms with Crippen molar-refractivity contribution in [3.05, 3.63) is 45.8 Å². The first kappa shape index (κ1) is 17.5. The molecule has 1 heterocycles. The molecule has 1 amide bonds. The van der Waals surface area contributed by atoms with Gasteiger partial charge in [-0.3, -0.25) is 4.79 Å². The van der Waals surface area contributed by atoms with Crippen LogP contribution in [0.2, 0.25) is 0 Å². The molecule has 2 aromatic rings. The minimum atomic E-state index is -3.89. The van der Waals surface area contributed by atoms with Crippen molar-refractivity contribution >= 4 is 27.4 Å². The van der Waals surface area contributed by atoms with Crippen LogP contribution in [0.4, 0.5) is 0 Å². The number of benzene rings is 1. The summed E-state index contributed by atoms with van der Waals surface area (Å²) >= 11 is 1.09. The van der Waals surface area contributed by atoms with Crippen LogP contribution in [0.1, 0.15) is 28.5 Å². The quantitative estimate of drug-likeness (QED) is 0.839. The van der Waals surface area contributed by atoms with Gasteiger partial charge in [0.15, 0.2) is 4.21 Å². The van der Waals surface area contributed by atoms with Crippen molar-refractivity contribution in [2.24, 2.45) is 0 Å². The number of aryl methyl sites for hydroxylation is 2. The molecule has 0 unspecified atom stereocenters. The number of rotatable bonds is 5. The van der Waals surface area contributed by atoms with Crippen LogP contribution in [0, 0.1) is 20.8 Å². The second-order valence-electron chi connectivity index (χ2n) is 5.32. The fourth-order valence-corrected chi connectivity index (χ4v) is 4.30. The van der Waals surface area contributed by atoms with E-state index in [1.54, 1.807) is 6.07 Å². The molecule has 0 saturated carbocycles. The Bertz CT molecular complexity index is 838. The highest BCUT2D eigenvalue weighted by molar-refractivity contribution is 7.89. The lowest BCUT2D eigenvalue weighted by Crippen LogP contribution is -2.18. The van der Waals surface area contributed by atoms with Crippen LogP contribution in [-0.2, 0) is 21.5 Å². The molecular weight excluding hydrogens is 334 g/mol. The normalized spacial score (nSPS) is 11.3. The number of carbonyl (C=O) groups excluding carboxylic acids is 1. The fraction of sp³-hybridized carbons (Fsp3) is 0.312. The van der Waals surface area contributed by atoms with Crippen molar-refractivity contribution in [1.29, 1.82) is 0 Å². The number of nitrogens with one attached hydrogen (secondary N) is 1. The molecule has 0 aliphatic heterocycles. The standard InChI is InChI=1S/C16H19NO4S2/c1-10-5-6-11(2)16(12(10)3)21-23(19,20)15-8-7-14(22-15)9-17-13(4)18/h5-8H,9H2,1-4H3,(H,17,18). The fourth-order valence-electron chi connectivity index (χ4n) is 2.00. The van der Waals surface area contributed by atoms with E-state index in [0.29, 0.717) is 12.3 Å². The van der Waals surface area contributed by atoms with Crippen molar-refractivity contribution in [3.63, 3.8) is 0 Å². The molecule has 5 nitrogen and oxygen atoms in total. The van der Waals surface area contributed by atoms with E-state index in [4.69, 9.17) is 4.18 Å². The highest BCUT2D eigenvalue weighted by Gasteiger charge is 2.22. The maximum absolute atomic E-state index is 12.5. The van der Waals surface area contributed by atoms with Gasteiger partial charge >= 0.3 is 10.1 Å². The minimum Gasteiger partial charge on any atom is -0.378 e. The lowest BCUT2D eigenvalue weighted by molar-refractivity contribution is -0.119. The van der Waals surface area contributed by atoms with Gasteiger partial charge in [0.05, 0.1) is 6.54 Å². The Morgan fingerprint density at radius 1 is 1.13 bits per heavy atom. The highest BCUT2D eigenvalue weighted by Crippen LogP contribution is 2.31. The topological polar surface area (TPSA) is 72.5 Å². The van der Waals surface area contributed by atoms with Crippen molar-refractivity contribution in [3.8, 4) is 5.75 Å². The van der Waals surface area contributed by atoms with Gasteiger partial charge in [0.25, 0.3) is 0 Å². The smallest absolute Gasteiger partial charge is 0.348 e. The molecule has 0 fully saturated rings. The number of hydrogen-bond donors (Lipinski definition) is 1. The van der Waals surface area contributed by atoms with Crippen LogP contribution in [0.25, 0.3) is 0 Å². The van der Waals surface area contributed by atoms with E-state index in [1.165, 1.54) is 13.0 Å². The van der Waals surface area contributed by atoms with Crippen molar-refractivity contribution in [1.82, 2.24) is 5.32 Å². The molecule has 1 aromatic carbocycles. The van der Waals surface area contributed by atoms with Crippen molar-refractivity contribution in [2.45, 2.75) is 38.4 Å². The van der Waals surface area contributed by atoms with Gasteiger partial charge < -0.3 is 9.50 Å². The summed E-state index contributed by atoms with van der Waals surface area (Å²) in [5, 5.41) is 2.64. The van der Waals surface area contributed by atoms with Gasteiger partial charge in [-0.25, -0.2) is 0 Å². The number of hydrogen-bond acceptors (Lipinski definition) is 5. The van der Waals surface area contributed by atoms with Crippen molar-refractivity contribution < 1.29 is 17.4 Å². The lowest BCUT2D eigenvalue weighted by atomic mass is 10.1. The van der Waals surface area contributed by atoms with E-state index in [1.807, 2.05) is 32.9 Å². The van der Waals surface area contributed by atoms with Crippen LogP contribution >= 0.6 is 11.3 Å². The van der Waals surface area contributed by atoms with Crippen LogP contribution in [0.3, 0.4) is 0 Å². The largest absolute Gasteiger partial charge is 0.378 e. The van der Waals surface area contributed by atoms with E-state index in [9.17, 15) is 13.2 Å². The average Bonchev–Trinajstić information content (AvgIpc) is 2.95. The Balaban J connectivity index is 2.26. The van der Waals surface area contributed by atoms with Crippen LogP contribution in [0.15, 0.2) is 28.5 Å². The zero-order valence-corrected chi connectivity index (χ0v) is 15.1. The summed E-state index contributed by atoms with van der Waals surface area (Å²) in [4.78, 5) is 11.7. The summed E-state index contributed by atoms with van der Waals surface area (Å²) in [6.07, 6.45) is 0. The summed E-state index contributed by atoms with van der Waals surface area (Å²) in [5.74, 6) is 0.215. The van der Waals surface area contributed by atoms with Gasteiger partial charge in [0, 0.05) is 11.8 Å². The van der Waals surface area contributed by atoms with E-state index in [2.05, 4.69) is 5.32 Å². The molecule has 1 aromatic heterocycles. The summed E-state index contributed by atoms with van der Waals surface area (Å²) in [7, 11) is -3.89. The molecule has 0 aliphatic rings. The molecule has 0 bridgehead atoms. The SMILES string of the molecule is CC(=O)NCc1ccc(S(=O)(=O)Oc2c(C)ccc(C)c2C)s1. The van der Waals surface area contributed by atoms with E-state index < -0.39 is 10.1 Å². The maximum atomic E-state index is 12.5. The Hall–Kier alpha value is -1.86. The Morgan fingerprint density at radius 3 is 2.43 bits per heavy atom. The number of carbonyl (C=O) groups is 1. The molecule has 2 rings (SSSR count). The van der Waals surface area contributed by atoms with Gasteiger partial charge in [0.2, 0.25) is 5.91 Å². The average molecular weight is 353 g/mol. The third kappa shape index (κ3) is 4.11. The van der Waals surface area contributed by atoms with Crippen LogP contribution < -0.4 is 9.50 Å². The summed E-state index contributed by atoms with van der Waals surface area (Å²) in [6, 6.07) is 6.94. The second kappa shape index (κ2) is 6.72. The molecule has 124 valence electrons. The Labute approximate surface area is 140 Å². The molecule has 0 saturated heterocycles. The first-order chi connectivity index (χ1) is 10.7. The zero-order valence-electron chi connectivity index (χ0n) is 13.5. The van der Waals surface area contributed by atoms with Crippen molar-refractivity contribution in [2.75, 3.05) is 0 Å². The Kier molecular flexibility index (Phi) is 5.11. The van der Waals surface area contributed by atoms with E-state index >= 15 is 0 Å². The molecule has 0 atom stereocenters. The minimum absolute atomic E-state index is 0.123. The van der Waals surface area contributed by atoms with Gasteiger partial charge in [-0.05, 0) is 49.6 Å². The summed E-state index contributed by atoms with van der Waals surface area (Å²) in [6.45, 7) is 7.28. The molecule has 23 heavy (non-hydrogen) atoms. The molecule has 0 radical (unpaired) electrons. The molecule has 1 N–H and O–H groups in total. The summed E-state index contributed by atoms with van der Waals surface area (Å²) in [5.41, 5.74) is 2.55. The summed E-state index contributed by atoms with van der Waals surface area (Å²) < 4.78 is 30.4. The van der Waals surface area contributed by atoms with E-state index in [-0.39, 0.29) is 10.1 Å². The first-order valence-corrected chi connectivity index (χ1v) is 9.27. The predicted molar refractivity (Wildman–Crippen MR) is 90.3 cm³/mol. The molecule has 0 spiro atoms. The third-order valence-electron chi connectivity index (χ3n) is 3.46. The van der Waals surface area contributed by atoms with Gasteiger partial charge in [-0.2, -0.15) is 8.42 Å². The zero-order chi connectivity index (χ0) is 17.2. The monoisotopic (exact) mass is 353 g/mol. The van der Waals surface area contributed by atoms with E-state index in [0.717, 1.165) is 32.9 Å². The van der Waals surface area contributed by atoms with Gasteiger partial charge in [-0.15, -0.1) is 11.3 Å². The number of thiophene rings is 1. The second-order valence-corrected chi connectivity index (χ2v) is 8.26.